The van der Waals surface area contributed by atoms with Crippen LogP contribution >= 0.6 is 11.6 Å². The van der Waals surface area contributed by atoms with Gasteiger partial charge in [-0.3, -0.25) is 4.98 Å². The first kappa shape index (κ1) is 12.3. The predicted octanol–water partition coefficient (Wildman–Crippen LogP) is 2.62. The summed E-state index contributed by atoms with van der Waals surface area (Å²) in [6.45, 7) is 5.60. The number of rotatable bonds is 2. The predicted molar refractivity (Wildman–Crippen MR) is 64.7 cm³/mol. The monoisotopic (exact) mass is 244 g/mol. The van der Waals surface area contributed by atoms with Gasteiger partial charge in [-0.2, -0.15) is 4.40 Å². The number of nitrogens with zero attached hydrogens (tertiary/aromatic N) is 2. The van der Waals surface area contributed by atoms with Crippen LogP contribution in [-0.4, -0.2) is 20.2 Å². The highest BCUT2D eigenvalue weighted by atomic mass is 35.5. The summed E-state index contributed by atoms with van der Waals surface area (Å²) in [6, 6.07) is 3.35. The first-order chi connectivity index (χ1) is 6.89. The molecule has 5 heteroatoms. The molecule has 0 aliphatic rings. The Labute approximate surface area is 97.2 Å². The van der Waals surface area contributed by atoms with Gasteiger partial charge < -0.3 is 0 Å². The van der Waals surface area contributed by atoms with Crippen molar-refractivity contribution < 1.29 is 4.21 Å². The lowest BCUT2D eigenvalue weighted by atomic mass is 10.3. The van der Waals surface area contributed by atoms with Crippen LogP contribution in [0, 0.1) is 0 Å². The SMILES string of the molecule is CC(C)(C)[S@@](=O)/N=C/c1cc(Cl)ccn1. The molecular formula is C10H13ClN2OS. The normalized spacial score (nSPS) is 14.4. The third-order valence-corrected chi connectivity index (χ3v) is 3.13. The summed E-state index contributed by atoms with van der Waals surface area (Å²) >= 11 is 5.77. The molecule has 0 bridgehead atoms. The van der Waals surface area contributed by atoms with Crippen molar-refractivity contribution in [1.29, 1.82) is 0 Å². The molecule has 0 fully saturated rings. The number of halogens is 1. The van der Waals surface area contributed by atoms with Crippen LogP contribution in [-0.2, 0) is 11.0 Å². The van der Waals surface area contributed by atoms with E-state index in [9.17, 15) is 4.21 Å². The van der Waals surface area contributed by atoms with E-state index in [1.807, 2.05) is 20.8 Å². The maximum Gasteiger partial charge on any atom is 0.144 e. The van der Waals surface area contributed by atoms with E-state index >= 15 is 0 Å². The van der Waals surface area contributed by atoms with Crippen molar-refractivity contribution in [1.82, 2.24) is 4.98 Å². The van der Waals surface area contributed by atoms with Crippen molar-refractivity contribution >= 4 is 28.8 Å². The average molecular weight is 245 g/mol. The van der Waals surface area contributed by atoms with Crippen LogP contribution in [0.3, 0.4) is 0 Å². The second-order valence-corrected chi connectivity index (χ2v) is 6.37. The molecule has 1 aromatic rings. The summed E-state index contributed by atoms with van der Waals surface area (Å²) < 4.78 is 15.2. The molecular weight excluding hydrogens is 232 g/mol. The van der Waals surface area contributed by atoms with E-state index in [0.717, 1.165) is 0 Å². The van der Waals surface area contributed by atoms with Gasteiger partial charge in [-0.05, 0) is 32.9 Å². The topological polar surface area (TPSA) is 42.3 Å². The van der Waals surface area contributed by atoms with E-state index in [1.54, 1.807) is 18.3 Å². The average Bonchev–Trinajstić information content (AvgIpc) is 2.12. The van der Waals surface area contributed by atoms with Crippen LogP contribution < -0.4 is 0 Å². The van der Waals surface area contributed by atoms with E-state index in [0.29, 0.717) is 10.7 Å². The highest BCUT2D eigenvalue weighted by Gasteiger charge is 2.18. The van der Waals surface area contributed by atoms with Crippen LogP contribution in [0.1, 0.15) is 26.5 Å². The second-order valence-electron chi connectivity index (χ2n) is 3.99. The first-order valence-corrected chi connectivity index (χ1v) is 5.96. The van der Waals surface area contributed by atoms with Crippen LogP contribution in [0.4, 0.5) is 0 Å². The van der Waals surface area contributed by atoms with E-state index in [-0.39, 0.29) is 4.75 Å². The van der Waals surface area contributed by atoms with E-state index in [4.69, 9.17) is 11.6 Å². The summed E-state index contributed by atoms with van der Waals surface area (Å²) in [5.74, 6) is 0. The lowest BCUT2D eigenvalue weighted by Gasteiger charge is -2.12. The van der Waals surface area contributed by atoms with Gasteiger partial charge in [0.05, 0.1) is 16.7 Å². The molecule has 0 saturated heterocycles. The molecule has 1 rings (SSSR count). The van der Waals surface area contributed by atoms with E-state index in [2.05, 4.69) is 9.38 Å². The molecule has 1 atom stereocenters. The Morgan fingerprint density at radius 1 is 1.53 bits per heavy atom. The molecule has 0 N–H and O–H groups in total. The Kier molecular flexibility index (Phi) is 3.99. The summed E-state index contributed by atoms with van der Waals surface area (Å²) in [5, 5.41) is 0.591. The van der Waals surface area contributed by atoms with Gasteiger partial charge >= 0.3 is 0 Å². The van der Waals surface area contributed by atoms with Crippen molar-refractivity contribution in [2.24, 2.45) is 4.40 Å². The van der Waals surface area contributed by atoms with Crippen molar-refractivity contribution in [2.75, 3.05) is 0 Å². The minimum Gasteiger partial charge on any atom is -0.255 e. The number of hydrogen-bond donors (Lipinski definition) is 0. The molecule has 1 aromatic heterocycles. The van der Waals surface area contributed by atoms with Gasteiger partial charge in [-0.1, -0.05) is 11.6 Å². The Hall–Kier alpha value is -0.740. The summed E-state index contributed by atoms with van der Waals surface area (Å²) in [6.07, 6.45) is 3.07. The fraction of sp³-hybridized carbons (Fsp3) is 0.400. The minimum absolute atomic E-state index is 0.352. The molecule has 0 unspecified atom stereocenters. The standard InChI is InChI=1S/C10H13ClN2OS/c1-10(2,3)15(14)13-7-9-6-8(11)4-5-12-9/h4-7H,1-3H3/b13-7+/t15-/m1/s1. The molecule has 82 valence electrons. The molecule has 0 saturated carbocycles. The number of pyridine rings is 1. The van der Waals surface area contributed by atoms with Gasteiger partial charge in [-0.25, -0.2) is 4.21 Å². The summed E-state index contributed by atoms with van der Waals surface area (Å²) in [5.41, 5.74) is 0.611. The smallest absolute Gasteiger partial charge is 0.144 e. The number of aromatic nitrogens is 1. The maximum atomic E-state index is 11.6. The largest absolute Gasteiger partial charge is 0.255 e. The Morgan fingerprint density at radius 2 is 2.20 bits per heavy atom. The zero-order chi connectivity index (χ0) is 11.5. The molecule has 0 amide bonds. The van der Waals surface area contributed by atoms with Crippen molar-refractivity contribution in [3.05, 3.63) is 29.0 Å². The van der Waals surface area contributed by atoms with Crippen LogP contribution in [0.15, 0.2) is 22.7 Å². The molecule has 3 nitrogen and oxygen atoms in total. The van der Waals surface area contributed by atoms with Crippen molar-refractivity contribution in [2.45, 2.75) is 25.5 Å². The van der Waals surface area contributed by atoms with Gasteiger partial charge in [0.25, 0.3) is 0 Å². The van der Waals surface area contributed by atoms with Crippen LogP contribution in [0.25, 0.3) is 0 Å². The number of hydrogen-bond acceptors (Lipinski definition) is 2. The zero-order valence-electron chi connectivity index (χ0n) is 8.90. The van der Waals surface area contributed by atoms with Gasteiger partial charge in [0.15, 0.2) is 0 Å². The minimum atomic E-state index is -1.26. The second kappa shape index (κ2) is 4.86. The van der Waals surface area contributed by atoms with E-state index in [1.165, 1.54) is 6.21 Å². The molecule has 15 heavy (non-hydrogen) atoms. The molecule has 0 spiro atoms. The van der Waals surface area contributed by atoms with Gasteiger partial charge in [0.2, 0.25) is 0 Å². The van der Waals surface area contributed by atoms with Crippen LogP contribution in [0.2, 0.25) is 5.02 Å². The molecule has 0 aliphatic heterocycles. The van der Waals surface area contributed by atoms with Gasteiger partial charge in [-0.15, -0.1) is 0 Å². The Bertz CT molecular complexity index is 399. The lowest BCUT2D eigenvalue weighted by molar-refractivity contribution is 0.651. The fourth-order valence-corrected chi connectivity index (χ4v) is 1.44. The summed E-state index contributed by atoms with van der Waals surface area (Å²) in [7, 11) is -1.26. The van der Waals surface area contributed by atoms with E-state index < -0.39 is 11.0 Å². The fourth-order valence-electron chi connectivity index (χ4n) is 0.752. The highest BCUT2D eigenvalue weighted by molar-refractivity contribution is 7.85. The van der Waals surface area contributed by atoms with Crippen molar-refractivity contribution in [3.63, 3.8) is 0 Å². The Morgan fingerprint density at radius 3 is 2.73 bits per heavy atom. The van der Waals surface area contributed by atoms with Crippen molar-refractivity contribution in [3.8, 4) is 0 Å². The first-order valence-electron chi connectivity index (χ1n) is 4.47. The van der Waals surface area contributed by atoms with Gasteiger partial charge in [0.1, 0.15) is 11.0 Å². The lowest BCUT2D eigenvalue weighted by Crippen LogP contribution is -2.19. The van der Waals surface area contributed by atoms with Gasteiger partial charge in [0, 0.05) is 11.2 Å². The highest BCUT2D eigenvalue weighted by Crippen LogP contribution is 2.12. The third kappa shape index (κ3) is 4.10. The summed E-state index contributed by atoms with van der Waals surface area (Å²) in [4.78, 5) is 4.03. The third-order valence-electron chi connectivity index (χ3n) is 1.55. The quantitative estimate of drug-likeness (QED) is 0.751. The zero-order valence-corrected chi connectivity index (χ0v) is 10.5. The molecule has 0 aromatic carbocycles. The van der Waals surface area contributed by atoms with Crippen LogP contribution in [0.5, 0.6) is 0 Å². The molecule has 0 radical (unpaired) electrons. The molecule has 0 aliphatic carbocycles. The maximum absolute atomic E-state index is 11.6. The molecule has 1 heterocycles. The Balaban J connectivity index is 2.79.